The van der Waals surface area contributed by atoms with Crippen molar-refractivity contribution in [3.8, 4) is 0 Å². The summed E-state index contributed by atoms with van der Waals surface area (Å²) in [4.78, 5) is 15.5. The first kappa shape index (κ1) is 8.03. The van der Waals surface area contributed by atoms with E-state index in [0.717, 1.165) is 19.4 Å². The predicted octanol–water partition coefficient (Wildman–Crippen LogP) is 0.435. The molecule has 1 fully saturated rings. The van der Waals surface area contributed by atoms with Crippen LogP contribution in [0.15, 0.2) is 12.5 Å². The Morgan fingerprint density at radius 3 is 3.29 bits per heavy atom. The van der Waals surface area contributed by atoms with Crippen molar-refractivity contribution in [1.82, 2.24) is 14.9 Å². The van der Waals surface area contributed by atoms with Gasteiger partial charge in [0.2, 0.25) is 5.91 Å². The van der Waals surface area contributed by atoms with Crippen molar-refractivity contribution in [1.29, 1.82) is 0 Å². The number of imidazole rings is 1. The fourth-order valence-electron chi connectivity index (χ4n) is 2.69. The Hall–Kier alpha value is -1.32. The molecule has 1 amide bonds. The molecule has 1 spiro atoms. The summed E-state index contributed by atoms with van der Waals surface area (Å²) >= 11 is 0. The average molecular weight is 191 g/mol. The van der Waals surface area contributed by atoms with Crippen LogP contribution in [0.4, 0.5) is 0 Å². The first-order valence-corrected chi connectivity index (χ1v) is 5.09. The molecule has 0 aliphatic carbocycles. The van der Waals surface area contributed by atoms with Crippen molar-refractivity contribution in [2.24, 2.45) is 0 Å². The quantitative estimate of drug-likeness (QED) is 0.646. The Balaban J connectivity index is 2.07. The van der Waals surface area contributed by atoms with Crippen LogP contribution in [0.1, 0.15) is 25.0 Å². The molecule has 1 N–H and O–H groups in total. The zero-order valence-electron chi connectivity index (χ0n) is 7.99. The summed E-state index contributed by atoms with van der Waals surface area (Å²) in [5.41, 5.74) is 1.27. The van der Waals surface area contributed by atoms with Gasteiger partial charge in [0.15, 0.2) is 0 Å². The van der Waals surface area contributed by atoms with Crippen LogP contribution in [0.3, 0.4) is 0 Å². The molecule has 1 unspecified atom stereocenters. The fraction of sp³-hybridized carbons (Fsp3) is 0.600. The van der Waals surface area contributed by atoms with Crippen molar-refractivity contribution in [2.75, 3.05) is 6.54 Å². The zero-order chi connectivity index (χ0) is 9.60. The van der Waals surface area contributed by atoms with Crippen LogP contribution >= 0.6 is 0 Å². The van der Waals surface area contributed by atoms with E-state index in [-0.39, 0.29) is 11.4 Å². The highest BCUT2D eigenvalue weighted by Crippen LogP contribution is 2.35. The molecule has 1 aromatic rings. The Labute approximate surface area is 82.3 Å². The normalized spacial score (nSPS) is 30.4. The minimum atomic E-state index is 0.00116. The summed E-state index contributed by atoms with van der Waals surface area (Å²) in [5, 5.41) is 2.92. The second-order valence-electron chi connectivity index (χ2n) is 4.29. The van der Waals surface area contributed by atoms with Gasteiger partial charge in [0.1, 0.15) is 0 Å². The molecular weight excluding hydrogens is 178 g/mol. The number of amides is 1. The number of carbonyl (C=O) groups is 1. The Kier molecular flexibility index (Phi) is 1.48. The fourth-order valence-corrected chi connectivity index (χ4v) is 2.69. The van der Waals surface area contributed by atoms with E-state index in [1.54, 1.807) is 0 Å². The van der Waals surface area contributed by atoms with Crippen LogP contribution < -0.4 is 5.32 Å². The highest BCUT2D eigenvalue weighted by Gasteiger charge is 2.42. The maximum atomic E-state index is 11.3. The third-order valence-electron chi connectivity index (χ3n) is 3.41. The van der Waals surface area contributed by atoms with E-state index in [0.29, 0.717) is 6.42 Å². The minimum Gasteiger partial charge on any atom is -0.354 e. The van der Waals surface area contributed by atoms with Gasteiger partial charge in [-0.25, -0.2) is 4.98 Å². The lowest BCUT2D eigenvalue weighted by Gasteiger charge is -2.34. The summed E-state index contributed by atoms with van der Waals surface area (Å²) in [6, 6.07) is 0. The SMILES string of the molecule is O=C1CC2(CCCc3cncn32)CN1. The number of carbonyl (C=O) groups excluding carboxylic acids is 1. The Morgan fingerprint density at radius 1 is 1.57 bits per heavy atom. The molecule has 3 rings (SSSR count). The number of hydrogen-bond donors (Lipinski definition) is 1. The number of nitrogens with zero attached hydrogens (tertiary/aromatic N) is 2. The Morgan fingerprint density at radius 2 is 2.50 bits per heavy atom. The smallest absolute Gasteiger partial charge is 0.222 e. The van der Waals surface area contributed by atoms with Gasteiger partial charge in [0, 0.05) is 18.4 Å². The van der Waals surface area contributed by atoms with Gasteiger partial charge in [0.05, 0.1) is 18.3 Å². The Bertz CT molecular complexity index is 384. The van der Waals surface area contributed by atoms with E-state index in [4.69, 9.17) is 0 Å². The van der Waals surface area contributed by atoms with Crippen LogP contribution in [0, 0.1) is 0 Å². The number of hydrogen-bond acceptors (Lipinski definition) is 2. The van der Waals surface area contributed by atoms with Crippen molar-refractivity contribution in [3.05, 3.63) is 18.2 Å². The molecule has 0 aromatic carbocycles. The van der Waals surface area contributed by atoms with E-state index < -0.39 is 0 Å². The largest absolute Gasteiger partial charge is 0.354 e. The summed E-state index contributed by atoms with van der Waals surface area (Å²) in [6.07, 6.45) is 7.76. The molecular formula is C10H13N3O. The van der Waals surface area contributed by atoms with Gasteiger partial charge in [-0.3, -0.25) is 4.79 Å². The van der Waals surface area contributed by atoms with E-state index in [2.05, 4.69) is 14.9 Å². The zero-order valence-corrected chi connectivity index (χ0v) is 7.99. The maximum absolute atomic E-state index is 11.3. The van der Waals surface area contributed by atoms with Gasteiger partial charge >= 0.3 is 0 Å². The minimum absolute atomic E-state index is 0.00116. The third kappa shape index (κ3) is 0.937. The molecule has 74 valence electrons. The third-order valence-corrected chi connectivity index (χ3v) is 3.41. The molecule has 3 heterocycles. The van der Waals surface area contributed by atoms with Crippen LogP contribution in [0.5, 0.6) is 0 Å². The van der Waals surface area contributed by atoms with Gasteiger partial charge < -0.3 is 9.88 Å². The van der Waals surface area contributed by atoms with Crippen LogP contribution in [0.2, 0.25) is 0 Å². The monoisotopic (exact) mass is 191 g/mol. The highest BCUT2D eigenvalue weighted by atomic mass is 16.2. The molecule has 0 radical (unpaired) electrons. The van der Waals surface area contributed by atoms with Gasteiger partial charge in [0.25, 0.3) is 0 Å². The van der Waals surface area contributed by atoms with Crippen molar-refractivity contribution >= 4 is 5.91 Å². The molecule has 0 bridgehead atoms. The van der Waals surface area contributed by atoms with Crippen molar-refractivity contribution < 1.29 is 4.79 Å². The number of fused-ring (bicyclic) bond motifs is 2. The topological polar surface area (TPSA) is 46.9 Å². The predicted molar refractivity (Wildman–Crippen MR) is 50.8 cm³/mol. The summed E-state index contributed by atoms with van der Waals surface area (Å²) < 4.78 is 2.20. The second-order valence-corrected chi connectivity index (χ2v) is 4.29. The van der Waals surface area contributed by atoms with Crippen molar-refractivity contribution in [2.45, 2.75) is 31.2 Å². The number of rotatable bonds is 0. The number of nitrogens with one attached hydrogen (secondary N) is 1. The molecule has 4 heteroatoms. The summed E-state index contributed by atoms with van der Waals surface area (Å²) in [7, 11) is 0. The lowest BCUT2D eigenvalue weighted by molar-refractivity contribution is -0.119. The van der Waals surface area contributed by atoms with Gasteiger partial charge in [-0.15, -0.1) is 0 Å². The number of aryl methyl sites for hydroxylation is 1. The average Bonchev–Trinajstić information content (AvgIpc) is 2.75. The second kappa shape index (κ2) is 2.59. The first-order chi connectivity index (χ1) is 6.80. The number of aromatic nitrogens is 2. The highest BCUT2D eigenvalue weighted by molar-refractivity contribution is 5.79. The molecule has 0 saturated carbocycles. The van der Waals surface area contributed by atoms with Crippen LogP contribution in [0.25, 0.3) is 0 Å². The van der Waals surface area contributed by atoms with Gasteiger partial charge in [-0.1, -0.05) is 0 Å². The van der Waals surface area contributed by atoms with E-state index >= 15 is 0 Å². The van der Waals surface area contributed by atoms with Gasteiger partial charge in [-0.2, -0.15) is 0 Å². The van der Waals surface area contributed by atoms with E-state index in [1.807, 2.05) is 12.5 Å². The summed E-state index contributed by atoms with van der Waals surface area (Å²) in [5.74, 6) is 0.173. The molecule has 4 nitrogen and oxygen atoms in total. The lowest BCUT2D eigenvalue weighted by atomic mass is 9.87. The van der Waals surface area contributed by atoms with E-state index in [9.17, 15) is 4.79 Å². The van der Waals surface area contributed by atoms with Crippen LogP contribution in [-0.4, -0.2) is 22.0 Å². The molecule has 1 aromatic heterocycles. The van der Waals surface area contributed by atoms with Crippen LogP contribution in [-0.2, 0) is 16.8 Å². The maximum Gasteiger partial charge on any atom is 0.222 e. The molecule has 14 heavy (non-hydrogen) atoms. The van der Waals surface area contributed by atoms with E-state index in [1.165, 1.54) is 12.1 Å². The molecule has 1 saturated heterocycles. The summed E-state index contributed by atoms with van der Waals surface area (Å²) in [6.45, 7) is 0.773. The standard InChI is InChI=1S/C10H13N3O/c14-9-4-10(6-12-9)3-1-2-8-5-11-7-13(8)10/h5,7H,1-4,6H2,(H,12,14). The van der Waals surface area contributed by atoms with Crippen molar-refractivity contribution in [3.63, 3.8) is 0 Å². The molecule has 1 atom stereocenters. The van der Waals surface area contributed by atoms with Gasteiger partial charge in [-0.05, 0) is 19.3 Å². The molecule has 2 aliphatic heterocycles. The molecule has 2 aliphatic rings. The lowest BCUT2D eigenvalue weighted by Crippen LogP contribution is -2.39. The first-order valence-electron chi connectivity index (χ1n) is 5.09.